The predicted molar refractivity (Wildman–Crippen MR) is 144 cm³/mol. The van der Waals surface area contributed by atoms with Gasteiger partial charge >= 0.3 is 6.01 Å². The first-order chi connectivity index (χ1) is 18.2. The van der Waals surface area contributed by atoms with Gasteiger partial charge in [0.1, 0.15) is 5.52 Å². The van der Waals surface area contributed by atoms with Gasteiger partial charge in [-0.15, -0.1) is 0 Å². The first-order valence-electron chi connectivity index (χ1n) is 12.6. The van der Waals surface area contributed by atoms with Gasteiger partial charge in [-0.3, -0.25) is 19.8 Å². The molecule has 0 saturated carbocycles. The van der Waals surface area contributed by atoms with E-state index in [1.165, 1.54) is 6.42 Å². The monoisotopic (exact) mass is 488 g/mol. The summed E-state index contributed by atoms with van der Waals surface area (Å²) in [6.45, 7) is 1.85. The third kappa shape index (κ3) is 3.46. The number of fused-ring (bicyclic) bond motifs is 1. The van der Waals surface area contributed by atoms with Crippen molar-refractivity contribution in [2.45, 2.75) is 19.3 Å². The number of benzene rings is 4. The molecule has 7 heteroatoms. The van der Waals surface area contributed by atoms with E-state index in [0.717, 1.165) is 48.2 Å². The van der Waals surface area contributed by atoms with E-state index in [1.54, 1.807) is 6.07 Å². The number of rotatable bonds is 4. The zero-order valence-electron chi connectivity index (χ0n) is 20.1. The van der Waals surface area contributed by atoms with Gasteiger partial charge in [0, 0.05) is 35.1 Å². The fourth-order valence-corrected chi connectivity index (χ4v) is 5.55. The number of para-hydroxylation sites is 3. The van der Waals surface area contributed by atoms with Crippen LogP contribution >= 0.6 is 0 Å². The fraction of sp³-hybridized carbons (Fsp3) is 0.167. The van der Waals surface area contributed by atoms with Crippen LogP contribution in [0.1, 0.15) is 40.0 Å². The fourth-order valence-electron chi connectivity index (χ4n) is 5.55. The summed E-state index contributed by atoms with van der Waals surface area (Å²) >= 11 is 0. The Kier molecular flexibility index (Phi) is 4.96. The first kappa shape index (κ1) is 21.6. The molecule has 37 heavy (non-hydrogen) atoms. The first-order valence-corrected chi connectivity index (χ1v) is 12.6. The standard InChI is InChI=1S/C30H24N4O3/c35-28-21-13-9-12-20-23(33-16-7-2-8-17-33)18-24(27(26(20)21)29(36)32-28)34(19-10-3-1-4-11-19)30-31-22-14-5-6-15-25(22)37-30/h1,3-6,9-15,18H,2,7-8,16-17H2,(H,32,35,36). The zero-order valence-corrected chi connectivity index (χ0v) is 20.1. The van der Waals surface area contributed by atoms with E-state index >= 15 is 0 Å². The number of imide groups is 1. The van der Waals surface area contributed by atoms with E-state index in [2.05, 4.69) is 16.3 Å². The van der Waals surface area contributed by atoms with Crippen molar-refractivity contribution in [3.8, 4) is 0 Å². The lowest BCUT2D eigenvalue weighted by Gasteiger charge is -2.33. The molecule has 7 rings (SSSR count). The summed E-state index contributed by atoms with van der Waals surface area (Å²) in [7, 11) is 0. The molecule has 2 aliphatic rings. The van der Waals surface area contributed by atoms with Gasteiger partial charge in [-0.2, -0.15) is 4.98 Å². The smallest absolute Gasteiger partial charge is 0.307 e. The number of carbonyl (C=O) groups excluding carboxylic acids is 2. The molecule has 0 atom stereocenters. The summed E-state index contributed by atoms with van der Waals surface area (Å²) < 4.78 is 6.24. The Morgan fingerprint density at radius 1 is 0.838 bits per heavy atom. The third-order valence-electron chi connectivity index (χ3n) is 7.24. The Morgan fingerprint density at radius 2 is 1.62 bits per heavy atom. The molecule has 2 amide bonds. The summed E-state index contributed by atoms with van der Waals surface area (Å²) in [4.78, 5) is 35.5. The third-order valence-corrected chi connectivity index (χ3v) is 7.24. The number of hydrogen-bond acceptors (Lipinski definition) is 6. The van der Waals surface area contributed by atoms with Gasteiger partial charge in [0.2, 0.25) is 0 Å². The Morgan fingerprint density at radius 3 is 2.43 bits per heavy atom. The van der Waals surface area contributed by atoms with Gasteiger partial charge in [0.25, 0.3) is 11.8 Å². The maximum absolute atomic E-state index is 13.5. The second-order valence-corrected chi connectivity index (χ2v) is 9.48. The molecule has 0 unspecified atom stereocenters. The van der Waals surface area contributed by atoms with Crippen molar-refractivity contribution in [2.24, 2.45) is 0 Å². The maximum atomic E-state index is 13.5. The highest BCUT2D eigenvalue weighted by Gasteiger charge is 2.33. The van der Waals surface area contributed by atoms with Crippen molar-refractivity contribution >= 4 is 56.8 Å². The molecule has 1 N–H and O–H groups in total. The number of aromatic nitrogens is 1. The summed E-state index contributed by atoms with van der Waals surface area (Å²) in [6, 6.07) is 25.5. The molecule has 4 aromatic carbocycles. The van der Waals surface area contributed by atoms with E-state index in [-0.39, 0.29) is 5.91 Å². The van der Waals surface area contributed by atoms with Gasteiger partial charge in [-0.1, -0.05) is 42.5 Å². The number of amides is 2. The summed E-state index contributed by atoms with van der Waals surface area (Å²) in [5.74, 6) is -0.802. The van der Waals surface area contributed by atoms with Crippen LogP contribution in [0.5, 0.6) is 0 Å². The minimum absolute atomic E-state index is 0.356. The van der Waals surface area contributed by atoms with Crippen LogP contribution < -0.4 is 15.1 Å². The lowest BCUT2D eigenvalue weighted by molar-refractivity contribution is 0.0845. The number of piperidine rings is 1. The molecule has 0 radical (unpaired) electrons. The molecule has 0 spiro atoms. The maximum Gasteiger partial charge on any atom is 0.307 e. The van der Waals surface area contributed by atoms with E-state index in [4.69, 9.17) is 9.40 Å². The summed E-state index contributed by atoms with van der Waals surface area (Å²) in [6.07, 6.45) is 3.40. The molecular formula is C30H24N4O3. The second-order valence-electron chi connectivity index (χ2n) is 9.48. The summed E-state index contributed by atoms with van der Waals surface area (Å²) in [5.41, 5.74) is 4.76. The van der Waals surface area contributed by atoms with E-state index in [9.17, 15) is 9.59 Å². The Bertz CT molecular complexity index is 1650. The van der Waals surface area contributed by atoms with Crippen molar-refractivity contribution in [1.29, 1.82) is 0 Å². The minimum atomic E-state index is -0.425. The number of nitrogens with zero attached hydrogens (tertiary/aromatic N) is 3. The minimum Gasteiger partial charge on any atom is -0.423 e. The van der Waals surface area contributed by atoms with Gasteiger partial charge in [-0.05, 0) is 55.7 Å². The van der Waals surface area contributed by atoms with Crippen LogP contribution in [0, 0.1) is 0 Å². The van der Waals surface area contributed by atoms with E-state index < -0.39 is 5.91 Å². The molecule has 5 aromatic rings. The van der Waals surface area contributed by atoms with Gasteiger partial charge in [0.15, 0.2) is 5.58 Å². The average molecular weight is 489 g/mol. The highest BCUT2D eigenvalue weighted by molar-refractivity contribution is 6.29. The lowest BCUT2D eigenvalue weighted by atomic mass is 9.91. The zero-order chi connectivity index (χ0) is 24.9. The second kappa shape index (κ2) is 8.48. The Hall–Kier alpha value is -4.65. The van der Waals surface area contributed by atoms with Crippen LogP contribution in [0.4, 0.5) is 23.1 Å². The van der Waals surface area contributed by atoms with Crippen molar-refractivity contribution in [2.75, 3.05) is 22.9 Å². The van der Waals surface area contributed by atoms with Gasteiger partial charge in [0.05, 0.1) is 16.9 Å². The number of hydrogen-bond donors (Lipinski definition) is 1. The number of oxazole rings is 1. The highest BCUT2D eigenvalue weighted by atomic mass is 16.4. The molecule has 2 aliphatic heterocycles. The number of nitrogens with one attached hydrogen (secondary N) is 1. The SMILES string of the molecule is O=C1NC(=O)c2c(N(c3ccccc3)c3nc4ccccc4o3)cc(N3CCCCC3)c3cccc1c23. The number of anilines is 4. The topological polar surface area (TPSA) is 78.7 Å². The summed E-state index contributed by atoms with van der Waals surface area (Å²) in [5, 5.41) is 4.13. The molecule has 0 aliphatic carbocycles. The van der Waals surface area contributed by atoms with E-state index in [0.29, 0.717) is 33.8 Å². The van der Waals surface area contributed by atoms with Crippen molar-refractivity contribution in [3.05, 3.63) is 90.0 Å². The van der Waals surface area contributed by atoms with Crippen molar-refractivity contribution in [3.63, 3.8) is 0 Å². The molecule has 1 fully saturated rings. The quantitative estimate of drug-likeness (QED) is 0.298. The predicted octanol–water partition coefficient (Wildman–Crippen LogP) is 6.32. The molecule has 1 saturated heterocycles. The lowest BCUT2D eigenvalue weighted by Crippen LogP contribution is -2.36. The Balaban J connectivity index is 1.57. The number of carbonyl (C=O) groups is 2. The molecule has 182 valence electrons. The average Bonchev–Trinajstić information content (AvgIpc) is 3.36. The van der Waals surface area contributed by atoms with Crippen LogP contribution in [-0.2, 0) is 0 Å². The molecule has 0 bridgehead atoms. The Labute approximate surface area is 213 Å². The van der Waals surface area contributed by atoms with Gasteiger partial charge < -0.3 is 9.32 Å². The van der Waals surface area contributed by atoms with Crippen molar-refractivity contribution in [1.82, 2.24) is 10.3 Å². The molecule has 7 nitrogen and oxygen atoms in total. The van der Waals surface area contributed by atoms with Crippen molar-refractivity contribution < 1.29 is 14.0 Å². The van der Waals surface area contributed by atoms with Crippen LogP contribution in [0.3, 0.4) is 0 Å². The molecule has 1 aromatic heterocycles. The molecule has 3 heterocycles. The van der Waals surface area contributed by atoms with Crippen LogP contribution in [-0.4, -0.2) is 29.9 Å². The normalized spacial score (nSPS) is 15.3. The van der Waals surface area contributed by atoms with Gasteiger partial charge in [-0.25, -0.2) is 0 Å². The largest absolute Gasteiger partial charge is 0.423 e. The van der Waals surface area contributed by atoms with Crippen LogP contribution in [0.15, 0.2) is 83.3 Å². The van der Waals surface area contributed by atoms with Crippen LogP contribution in [0.25, 0.3) is 21.9 Å². The van der Waals surface area contributed by atoms with E-state index in [1.807, 2.05) is 71.6 Å². The van der Waals surface area contributed by atoms with Crippen LogP contribution in [0.2, 0.25) is 0 Å². The highest BCUT2D eigenvalue weighted by Crippen LogP contribution is 2.45. The molecular weight excluding hydrogens is 464 g/mol.